The first-order valence-corrected chi connectivity index (χ1v) is 7.13. The Balaban J connectivity index is 2.02. The van der Waals surface area contributed by atoms with Crippen LogP contribution in [-0.2, 0) is 19.3 Å². The van der Waals surface area contributed by atoms with Crippen LogP contribution < -0.4 is 0 Å². The van der Waals surface area contributed by atoms with Crippen molar-refractivity contribution < 1.29 is 17.6 Å². The minimum atomic E-state index is -0.942. The predicted molar refractivity (Wildman–Crippen MR) is 77.5 cm³/mol. The zero-order valence-electron chi connectivity index (χ0n) is 12.0. The third-order valence-electron chi connectivity index (χ3n) is 4.02. The standard InChI is InChI=1S/C18H14F4/c1-2-10-5-16(21)18(17(22)6-10)12-4-3-11-8-14(19)15(20)9-13(11)7-12/h4-6,8-9H,2-3,7H2,1H3. The van der Waals surface area contributed by atoms with Crippen LogP contribution in [0.4, 0.5) is 17.6 Å². The predicted octanol–water partition coefficient (Wildman–Crippen LogP) is 4.99. The average Bonchev–Trinajstić information content (AvgIpc) is 2.47. The summed E-state index contributed by atoms with van der Waals surface area (Å²) in [4.78, 5) is 0. The van der Waals surface area contributed by atoms with Gasteiger partial charge in [0.1, 0.15) is 11.6 Å². The molecule has 22 heavy (non-hydrogen) atoms. The summed E-state index contributed by atoms with van der Waals surface area (Å²) in [5, 5.41) is 0. The van der Waals surface area contributed by atoms with Crippen molar-refractivity contribution in [3.05, 3.63) is 75.9 Å². The molecule has 2 aromatic carbocycles. The maximum absolute atomic E-state index is 14.2. The Morgan fingerprint density at radius 2 is 1.41 bits per heavy atom. The molecule has 0 radical (unpaired) electrons. The summed E-state index contributed by atoms with van der Waals surface area (Å²) in [5.74, 6) is -3.08. The van der Waals surface area contributed by atoms with E-state index in [1.54, 1.807) is 6.08 Å². The molecule has 114 valence electrons. The molecule has 0 heterocycles. The third kappa shape index (κ3) is 2.54. The highest BCUT2D eigenvalue weighted by atomic mass is 19.2. The number of aryl methyl sites for hydroxylation is 1. The van der Waals surface area contributed by atoms with Crippen LogP contribution in [0.1, 0.15) is 29.2 Å². The molecule has 0 aliphatic heterocycles. The first kappa shape index (κ1) is 14.8. The summed E-state index contributed by atoms with van der Waals surface area (Å²) in [6.45, 7) is 1.82. The molecule has 0 saturated carbocycles. The second-order valence-corrected chi connectivity index (χ2v) is 5.43. The highest BCUT2D eigenvalue weighted by molar-refractivity contribution is 5.71. The van der Waals surface area contributed by atoms with Crippen molar-refractivity contribution in [2.45, 2.75) is 26.2 Å². The van der Waals surface area contributed by atoms with Gasteiger partial charge in [0.2, 0.25) is 0 Å². The van der Waals surface area contributed by atoms with Crippen LogP contribution in [-0.4, -0.2) is 0 Å². The largest absolute Gasteiger partial charge is 0.206 e. The number of halogens is 4. The summed E-state index contributed by atoms with van der Waals surface area (Å²) in [5.41, 5.74) is 2.19. The van der Waals surface area contributed by atoms with Crippen LogP contribution in [0.25, 0.3) is 5.57 Å². The molecule has 0 aromatic heterocycles. The Kier molecular flexibility index (Phi) is 3.77. The van der Waals surface area contributed by atoms with Crippen molar-refractivity contribution in [3.63, 3.8) is 0 Å². The van der Waals surface area contributed by atoms with Gasteiger partial charge in [-0.05, 0) is 65.8 Å². The summed E-state index contributed by atoms with van der Waals surface area (Å²) < 4.78 is 54.9. The van der Waals surface area contributed by atoms with Gasteiger partial charge >= 0.3 is 0 Å². The van der Waals surface area contributed by atoms with Gasteiger partial charge in [0.15, 0.2) is 11.6 Å². The highest BCUT2D eigenvalue weighted by Crippen LogP contribution is 2.32. The minimum Gasteiger partial charge on any atom is -0.206 e. The van der Waals surface area contributed by atoms with Crippen molar-refractivity contribution in [3.8, 4) is 0 Å². The van der Waals surface area contributed by atoms with E-state index in [1.807, 2.05) is 6.92 Å². The fourth-order valence-electron chi connectivity index (χ4n) is 2.82. The number of rotatable bonds is 2. The molecular weight excluding hydrogens is 292 g/mol. The lowest BCUT2D eigenvalue weighted by molar-refractivity contribution is 0.506. The van der Waals surface area contributed by atoms with Gasteiger partial charge < -0.3 is 0 Å². The summed E-state index contributed by atoms with van der Waals surface area (Å²) in [6.07, 6.45) is 2.73. The maximum Gasteiger partial charge on any atom is 0.159 e. The lowest BCUT2D eigenvalue weighted by Gasteiger charge is -2.19. The average molecular weight is 306 g/mol. The van der Waals surface area contributed by atoms with E-state index < -0.39 is 23.3 Å². The van der Waals surface area contributed by atoms with E-state index in [0.717, 1.165) is 12.1 Å². The van der Waals surface area contributed by atoms with Crippen molar-refractivity contribution in [1.82, 2.24) is 0 Å². The normalized spacial score (nSPS) is 13.8. The van der Waals surface area contributed by atoms with Crippen LogP contribution >= 0.6 is 0 Å². The number of benzene rings is 2. The fourth-order valence-corrected chi connectivity index (χ4v) is 2.82. The number of hydrogen-bond donors (Lipinski definition) is 0. The summed E-state index contributed by atoms with van der Waals surface area (Å²) in [7, 11) is 0. The Hall–Kier alpha value is -2.10. The first-order valence-electron chi connectivity index (χ1n) is 7.13. The molecule has 0 nitrogen and oxygen atoms in total. The molecule has 1 aliphatic rings. The van der Waals surface area contributed by atoms with E-state index in [-0.39, 0.29) is 12.0 Å². The number of allylic oxidation sites excluding steroid dienone is 2. The van der Waals surface area contributed by atoms with Crippen LogP contribution in [0.3, 0.4) is 0 Å². The summed E-state index contributed by atoms with van der Waals surface area (Å²) >= 11 is 0. The number of fused-ring (bicyclic) bond motifs is 1. The van der Waals surface area contributed by atoms with Gasteiger partial charge in [-0.2, -0.15) is 0 Å². The Bertz CT molecular complexity index is 752. The minimum absolute atomic E-state index is 0.0763. The van der Waals surface area contributed by atoms with Gasteiger partial charge in [-0.1, -0.05) is 13.0 Å². The van der Waals surface area contributed by atoms with E-state index in [4.69, 9.17) is 0 Å². The van der Waals surface area contributed by atoms with Crippen LogP contribution in [0.5, 0.6) is 0 Å². The highest BCUT2D eigenvalue weighted by Gasteiger charge is 2.21. The first-order chi connectivity index (χ1) is 10.5. The van der Waals surface area contributed by atoms with Crippen LogP contribution in [0.2, 0.25) is 0 Å². The molecule has 0 fully saturated rings. The van der Waals surface area contributed by atoms with Gasteiger partial charge in [0, 0.05) is 5.56 Å². The fraction of sp³-hybridized carbons (Fsp3) is 0.222. The van der Waals surface area contributed by atoms with E-state index in [2.05, 4.69) is 0 Å². The van der Waals surface area contributed by atoms with Crippen molar-refractivity contribution >= 4 is 5.57 Å². The molecule has 0 N–H and O–H groups in total. The van der Waals surface area contributed by atoms with Crippen molar-refractivity contribution in [1.29, 1.82) is 0 Å². The Morgan fingerprint density at radius 1 is 0.818 bits per heavy atom. The second-order valence-electron chi connectivity index (χ2n) is 5.43. The van der Waals surface area contributed by atoms with E-state index in [9.17, 15) is 17.6 Å². The van der Waals surface area contributed by atoms with Crippen LogP contribution in [0, 0.1) is 23.3 Å². The van der Waals surface area contributed by atoms with Crippen molar-refractivity contribution in [2.24, 2.45) is 0 Å². The van der Waals surface area contributed by atoms with Gasteiger partial charge in [-0.3, -0.25) is 0 Å². The molecule has 0 bridgehead atoms. The smallest absolute Gasteiger partial charge is 0.159 e. The molecule has 4 heteroatoms. The van der Waals surface area contributed by atoms with Gasteiger partial charge in [-0.25, -0.2) is 17.6 Å². The topological polar surface area (TPSA) is 0 Å². The zero-order chi connectivity index (χ0) is 15.9. The SMILES string of the molecule is CCc1cc(F)c(C2=CCc3cc(F)c(F)cc3C2)c(F)c1. The maximum atomic E-state index is 14.2. The molecule has 0 unspecified atom stereocenters. The molecule has 0 saturated heterocycles. The lowest BCUT2D eigenvalue weighted by atomic mass is 9.87. The quantitative estimate of drug-likeness (QED) is 0.686. The van der Waals surface area contributed by atoms with E-state index >= 15 is 0 Å². The monoisotopic (exact) mass is 306 g/mol. The Morgan fingerprint density at radius 3 is 2.00 bits per heavy atom. The molecule has 0 spiro atoms. The van der Waals surface area contributed by atoms with E-state index in [0.29, 0.717) is 35.1 Å². The molecule has 0 atom stereocenters. The van der Waals surface area contributed by atoms with Crippen LogP contribution in [0.15, 0.2) is 30.3 Å². The molecule has 0 amide bonds. The number of hydrogen-bond acceptors (Lipinski definition) is 0. The van der Waals surface area contributed by atoms with Gasteiger partial charge in [-0.15, -0.1) is 0 Å². The summed E-state index contributed by atoms with van der Waals surface area (Å²) in [6, 6.07) is 4.89. The lowest BCUT2D eigenvalue weighted by Crippen LogP contribution is -2.08. The van der Waals surface area contributed by atoms with Crippen molar-refractivity contribution in [2.75, 3.05) is 0 Å². The molecule has 3 rings (SSSR count). The second kappa shape index (κ2) is 5.59. The molecule has 2 aromatic rings. The molecule has 1 aliphatic carbocycles. The third-order valence-corrected chi connectivity index (χ3v) is 4.02. The Labute approximate surface area is 126 Å². The van der Waals surface area contributed by atoms with E-state index in [1.165, 1.54) is 12.1 Å². The zero-order valence-corrected chi connectivity index (χ0v) is 12.0. The van der Waals surface area contributed by atoms with Gasteiger partial charge in [0.05, 0.1) is 0 Å². The van der Waals surface area contributed by atoms with Gasteiger partial charge in [0.25, 0.3) is 0 Å². The molecular formula is C18H14F4.